The first-order chi connectivity index (χ1) is 13.0. The molecule has 1 aromatic heterocycles. The van der Waals surface area contributed by atoms with Gasteiger partial charge >= 0.3 is 0 Å². The Morgan fingerprint density at radius 3 is 2.48 bits per heavy atom. The Bertz CT molecular complexity index is 943. The Morgan fingerprint density at radius 1 is 1.07 bits per heavy atom. The first-order valence-corrected chi connectivity index (χ1v) is 9.39. The van der Waals surface area contributed by atoms with Gasteiger partial charge in [-0.25, -0.2) is 4.39 Å². The number of benzene rings is 1. The van der Waals surface area contributed by atoms with Crippen molar-refractivity contribution in [3.8, 4) is 0 Å². The molecule has 142 valence electrons. The van der Waals surface area contributed by atoms with E-state index in [-0.39, 0.29) is 23.3 Å². The van der Waals surface area contributed by atoms with Crippen LogP contribution in [-0.4, -0.2) is 52.8 Å². The summed E-state index contributed by atoms with van der Waals surface area (Å²) in [6.07, 6.45) is 2.70. The molecule has 7 heteroatoms. The molecule has 2 aromatic rings. The summed E-state index contributed by atoms with van der Waals surface area (Å²) in [5.74, 6) is 0.0153. The topological polar surface area (TPSA) is 73.5 Å². The van der Waals surface area contributed by atoms with Crippen LogP contribution in [0.1, 0.15) is 25.0 Å². The molecule has 2 aliphatic rings. The van der Waals surface area contributed by atoms with Crippen molar-refractivity contribution in [2.24, 2.45) is 5.92 Å². The van der Waals surface area contributed by atoms with Gasteiger partial charge in [0, 0.05) is 49.6 Å². The van der Waals surface area contributed by atoms with E-state index >= 15 is 0 Å². The van der Waals surface area contributed by atoms with Gasteiger partial charge in [0.15, 0.2) is 0 Å². The SMILES string of the molecule is O=C(CCc1cc2ccc(F)cc2c(=O)[nH]1)N1CCN(C(=O)C2CC2)CC1. The molecule has 1 aliphatic carbocycles. The van der Waals surface area contributed by atoms with Crippen molar-refractivity contribution >= 4 is 22.6 Å². The zero-order chi connectivity index (χ0) is 19.0. The van der Waals surface area contributed by atoms with Crippen molar-refractivity contribution in [3.05, 3.63) is 46.1 Å². The third-order valence-corrected chi connectivity index (χ3v) is 5.34. The largest absolute Gasteiger partial charge is 0.339 e. The fraction of sp³-hybridized carbons (Fsp3) is 0.450. The minimum Gasteiger partial charge on any atom is -0.339 e. The van der Waals surface area contributed by atoms with Crippen molar-refractivity contribution < 1.29 is 14.0 Å². The lowest BCUT2D eigenvalue weighted by molar-refractivity contribution is -0.140. The lowest BCUT2D eigenvalue weighted by Crippen LogP contribution is -2.51. The van der Waals surface area contributed by atoms with E-state index in [1.165, 1.54) is 12.1 Å². The van der Waals surface area contributed by atoms with Crippen molar-refractivity contribution in [1.29, 1.82) is 0 Å². The number of fused-ring (bicyclic) bond motifs is 1. The third-order valence-electron chi connectivity index (χ3n) is 5.34. The summed E-state index contributed by atoms with van der Waals surface area (Å²) < 4.78 is 13.3. The molecule has 1 aromatic carbocycles. The maximum atomic E-state index is 13.3. The Balaban J connectivity index is 1.34. The van der Waals surface area contributed by atoms with E-state index in [1.807, 2.05) is 4.90 Å². The van der Waals surface area contributed by atoms with Crippen molar-refractivity contribution in [2.75, 3.05) is 26.2 Å². The fourth-order valence-electron chi connectivity index (χ4n) is 3.59. The van der Waals surface area contributed by atoms with Gasteiger partial charge in [-0.1, -0.05) is 6.07 Å². The second-order valence-electron chi connectivity index (χ2n) is 7.34. The molecule has 1 saturated heterocycles. The number of aryl methyl sites for hydroxylation is 1. The zero-order valence-electron chi connectivity index (χ0n) is 15.0. The van der Waals surface area contributed by atoms with Crippen LogP contribution in [0, 0.1) is 11.7 Å². The highest BCUT2D eigenvalue weighted by Gasteiger charge is 2.35. The van der Waals surface area contributed by atoms with Gasteiger partial charge in [-0.3, -0.25) is 14.4 Å². The predicted octanol–water partition coefficient (Wildman–Crippen LogP) is 1.68. The van der Waals surface area contributed by atoms with Gasteiger partial charge in [0.2, 0.25) is 11.8 Å². The highest BCUT2D eigenvalue weighted by atomic mass is 19.1. The lowest BCUT2D eigenvalue weighted by atomic mass is 10.1. The molecule has 0 radical (unpaired) electrons. The average molecular weight is 371 g/mol. The summed E-state index contributed by atoms with van der Waals surface area (Å²) in [7, 11) is 0. The number of rotatable bonds is 4. The molecular weight excluding hydrogens is 349 g/mol. The van der Waals surface area contributed by atoms with Crippen LogP contribution in [0.5, 0.6) is 0 Å². The zero-order valence-corrected chi connectivity index (χ0v) is 15.0. The van der Waals surface area contributed by atoms with Crippen molar-refractivity contribution in [2.45, 2.75) is 25.7 Å². The van der Waals surface area contributed by atoms with Crippen molar-refractivity contribution in [1.82, 2.24) is 14.8 Å². The maximum Gasteiger partial charge on any atom is 0.256 e. The van der Waals surface area contributed by atoms with Crippen LogP contribution in [0.15, 0.2) is 29.1 Å². The van der Waals surface area contributed by atoms with E-state index in [2.05, 4.69) is 4.98 Å². The number of nitrogens with zero attached hydrogens (tertiary/aromatic N) is 2. The van der Waals surface area contributed by atoms with Gasteiger partial charge in [0.25, 0.3) is 5.56 Å². The maximum absolute atomic E-state index is 13.3. The van der Waals surface area contributed by atoms with E-state index in [0.29, 0.717) is 55.5 Å². The molecule has 0 unspecified atom stereocenters. The number of hydrogen-bond acceptors (Lipinski definition) is 3. The molecule has 6 nitrogen and oxygen atoms in total. The number of piperazine rings is 1. The molecule has 1 saturated carbocycles. The van der Waals surface area contributed by atoms with Crippen LogP contribution in [0.4, 0.5) is 4.39 Å². The number of nitrogens with one attached hydrogen (secondary N) is 1. The molecule has 27 heavy (non-hydrogen) atoms. The molecule has 1 aliphatic heterocycles. The normalized spacial score (nSPS) is 17.4. The number of H-pyrrole nitrogens is 1. The highest BCUT2D eigenvalue weighted by Crippen LogP contribution is 2.31. The van der Waals surface area contributed by atoms with Crippen LogP contribution in [0.25, 0.3) is 10.8 Å². The molecule has 0 atom stereocenters. The molecule has 2 heterocycles. The number of pyridine rings is 1. The first-order valence-electron chi connectivity index (χ1n) is 9.39. The molecular formula is C20H22FN3O3. The number of aromatic amines is 1. The number of carbonyl (C=O) groups is 2. The van der Waals surface area contributed by atoms with Crippen LogP contribution in [0.3, 0.4) is 0 Å². The Kier molecular flexibility index (Phi) is 4.68. The smallest absolute Gasteiger partial charge is 0.256 e. The van der Waals surface area contributed by atoms with Crippen LogP contribution in [0.2, 0.25) is 0 Å². The second kappa shape index (κ2) is 7.13. The minimum absolute atomic E-state index is 0.0218. The van der Waals surface area contributed by atoms with Gasteiger partial charge < -0.3 is 14.8 Å². The summed E-state index contributed by atoms with van der Waals surface area (Å²) in [5.41, 5.74) is 0.316. The highest BCUT2D eigenvalue weighted by molar-refractivity contribution is 5.83. The average Bonchev–Trinajstić information content (AvgIpc) is 3.51. The van der Waals surface area contributed by atoms with Gasteiger partial charge in [0.05, 0.1) is 0 Å². The van der Waals surface area contributed by atoms with E-state index < -0.39 is 5.82 Å². The van der Waals surface area contributed by atoms with Gasteiger partial charge in [0.1, 0.15) is 5.82 Å². The molecule has 0 bridgehead atoms. The van der Waals surface area contributed by atoms with Crippen molar-refractivity contribution in [3.63, 3.8) is 0 Å². The van der Waals surface area contributed by atoms with E-state index in [4.69, 9.17) is 0 Å². The van der Waals surface area contributed by atoms with E-state index in [9.17, 15) is 18.8 Å². The summed E-state index contributed by atoms with van der Waals surface area (Å²) in [4.78, 5) is 43.0. The van der Waals surface area contributed by atoms with Crippen LogP contribution in [-0.2, 0) is 16.0 Å². The van der Waals surface area contributed by atoms with Gasteiger partial charge in [-0.15, -0.1) is 0 Å². The number of aromatic nitrogens is 1. The number of amides is 2. The Labute approximate surface area is 156 Å². The Morgan fingerprint density at radius 2 is 1.78 bits per heavy atom. The predicted molar refractivity (Wildman–Crippen MR) is 98.7 cm³/mol. The summed E-state index contributed by atoms with van der Waals surface area (Å²) in [6.45, 7) is 2.31. The quantitative estimate of drug-likeness (QED) is 0.889. The van der Waals surface area contributed by atoms with Gasteiger partial charge in [-0.05, 0) is 42.8 Å². The molecule has 1 N–H and O–H groups in total. The standard InChI is InChI=1S/C20H22FN3O3/c21-15-4-3-14-11-16(22-19(26)17(14)12-15)5-6-18(25)23-7-9-24(10-8-23)20(27)13-1-2-13/h3-4,11-13H,1-2,5-10H2,(H,22,26). The molecule has 2 amide bonds. The molecule has 0 spiro atoms. The summed E-state index contributed by atoms with van der Waals surface area (Å²) in [6, 6.07) is 5.89. The second-order valence-corrected chi connectivity index (χ2v) is 7.34. The van der Waals surface area contributed by atoms with E-state index in [0.717, 1.165) is 12.8 Å². The number of halogens is 1. The van der Waals surface area contributed by atoms with E-state index in [1.54, 1.807) is 17.0 Å². The summed E-state index contributed by atoms with van der Waals surface area (Å²) in [5, 5.41) is 0.969. The van der Waals surface area contributed by atoms with Crippen LogP contribution >= 0.6 is 0 Å². The Hall–Kier alpha value is -2.70. The number of carbonyl (C=O) groups excluding carboxylic acids is 2. The molecule has 4 rings (SSSR count). The number of hydrogen-bond donors (Lipinski definition) is 1. The molecule has 2 fully saturated rings. The summed E-state index contributed by atoms with van der Waals surface area (Å²) >= 11 is 0. The van der Waals surface area contributed by atoms with Gasteiger partial charge in [-0.2, -0.15) is 0 Å². The lowest BCUT2D eigenvalue weighted by Gasteiger charge is -2.35. The van der Waals surface area contributed by atoms with Crippen LogP contribution < -0.4 is 5.56 Å². The minimum atomic E-state index is -0.449. The monoisotopic (exact) mass is 371 g/mol. The third kappa shape index (κ3) is 3.86. The first kappa shape index (κ1) is 17.7. The fourth-order valence-corrected chi connectivity index (χ4v) is 3.59.